The molecule has 6 nitrogen and oxygen atoms in total. The van der Waals surface area contributed by atoms with Crippen molar-refractivity contribution >= 4 is 43.6 Å². The molecule has 0 radical (unpaired) electrons. The Balaban J connectivity index is 1.39. The Morgan fingerprint density at radius 1 is 1.03 bits per heavy atom. The second kappa shape index (κ2) is 8.21. The fraction of sp³-hybridized carbons (Fsp3) is 0.200. The molecule has 0 bridgehead atoms. The van der Waals surface area contributed by atoms with Crippen LogP contribution in [0.25, 0.3) is 16.3 Å². The first kappa shape index (κ1) is 20.6. The van der Waals surface area contributed by atoms with Crippen LogP contribution in [-0.4, -0.2) is 54.7 Å². The molecule has 1 fully saturated rings. The summed E-state index contributed by atoms with van der Waals surface area (Å²) in [7, 11) is -3.96. The Labute approximate surface area is 176 Å². The summed E-state index contributed by atoms with van der Waals surface area (Å²) in [4.78, 5) is 18.1. The Hall–Kier alpha value is -2.69. The maximum Gasteiger partial charge on any atom is 0.246 e. The Morgan fingerprint density at radius 3 is 2.47 bits per heavy atom. The van der Waals surface area contributed by atoms with E-state index in [-0.39, 0.29) is 37.0 Å². The molecule has 1 amide bonds. The van der Waals surface area contributed by atoms with Crippen molar-refractivity contribution in [1.82, 2.24) is 14.2 Å². The van der Waals surface area contributed by atoms with Crippen molar-refractivity contribution in [1.29, 1.82) is 0 Å². The van der Waals surface area contributed by atoms with Crippen molar-refractivity contribution < 1.29 is 22.0 Å². The largest absolute Gasteiger partial charge is 0.337 e. The van der Waals surface area contributed by atoms with Gasteiger partial charge in [0.25, 0.3) is 0 Å². The third-order valence-electron chi connectivity index (χ3n) is 4.76. The lowest BCUT2D eigenvalue weighted by molar-refractivity contribution is -0.127. The van der Waals surface area contributed by atoms with E-state index in [1.807, 2.05) is 24.3 Å². The van der Waals surface area contributed by atoms with Gasteiger partial charge in [0.2, 0.25) is 15.9 Å². The lowest BCUT2D eigenvalue weighted by Crippen LogP contribution is -2.50. The molecule has 0 N–H and O–H groups in total. The normalized spacial score (nSPS) is 15.9. The van der Waals surface area contributed by atoms with Gasteiger partial charge in [-0.25, -0.2) is 22.2 Å². The minimum absolute atomic E-state index is 0.0715. The number of para-hydroxylation sites is 1. The summed E-state index contributed by atoms with van der Waals surface area (Å²) in [5.41, 5.74) is 0.866. The lowest BCUT2D eigenvalue weighted by atomic mass is 10.3. The van der Waals surface area contributed by atoms with Gasteiger partial charge >= 0.3 is 0 Å². The topological polar surface area (TPSA) is 70.6 Å². The standard InChI is InChI=1S/C20H17F2N3O3S2/c21-15-6-5-14(13-16(15)22)30(27,28)25-11-9-24(10-12-25)20(26)8-7-19-23-17-3-1-2-4-18(17)29-19/h1-8,13H,9-12H2/b8-7+. The SMILES string of the molecule is O=C(/C=C/c1nc2ccccc2s1)N1CCN(S(=O)(=O)c2ccc(F)c(F)c2)CC1. The lowest BCUT2D eigenvalue weighted by Gasteiger charge is -2.33. The number of piperazine rings is 1. The summed E-state index contributed by atoms with van der Waals surface area (Å²) in [5, 5.41) is 0.712. The van der Waals surface area contributed by atoms with Gasteiger partial charge in [-0.15, -0.1) is 11.3 Å². The molecule has 4 rings (SSSR count). The quantitative estimate of drug-likeness (QED) is 0.574. The highest BCUT2D eigenvalue weighted by Gasteiger charge is 2.30. The molecule has 3 aromatic rings. The van der Waals surface area contributed by atoms with Crippen LogP contribution < -0.4 is 0 Å². The third kappa shape index (κ3) is 4.11. The average molecular weight is 450 g/mol. The van der Waals surface area contributed by atoms with Crippen molar-refractivity contribution in [2.45, 2.75) is 4.90 Å². The first-order valence-corrected chi connectivity index (χ1v) is 11.4. The smallest absolute Gasteiger partial charge is 0.246 e. The van der Waals surface area contributed by atoms with Gasteiger partial charge in [0.05, 0.1) is 15.1 Å². The van der Waals surface area contributed by atoms with Gasteiger partial charge in [-0.1, -0.05) is 12.1 Å². The molecular weight excluding hydrogens is 432 g/mol. The van der Waals surface area contributed by atoms with Crippen molar-refractivity contribution in [3.8, 4) is 0 Å². The van der Waals surface area contributed by atoms with E-state index in [4.69, 9.17) is 0 Å². The van der Waals surface area contributed by atoms with Gasteiger partial charge in [0, 0.05) is 32.3 Å². The number of aromatic nitrogens is 1. The van der Waals surface area contributed by atoms with Crippen LogP contribution in [0.5, 0.6) is 0 Å². The second-order valence-electron chi connectivity index (χ2n) is 6.66. The van der Waals surface area contributed by atoms with Crippen molar-refractivity contribution in [3.63, 3.8) is 0 Å². The summed E-state index contributed by atoms with van der Waals surface area (Å²) in [5.74, 6) is -2.56. The number of carbonyl (C=O) groups is 1. The Kier molecular flexibility index (Phi) is 5.63. The zero-order valence-electron chi connectivity index (χ0n) is 15.7. The van der Waals surface area contributed by atoms with Gasteiger partial charge in [-0.05, 0) is 36.4 Å². The van der Waals surface area contributed by atoms with E-state index in [9.17, 15) is 22.0 Å². The predicted molar refractivity (Wildman–Crippen MR) is 110 cm³/mol. The molecule has 0 spiro atoms. The molecule has 1 aliphatic heterocycles. The Morgan fingerprint density at radius 2 is 1.77 bits per heavy atom. The van der Waals surface area contributed by atoms with Crippen LogP contribution in [0, 0.1) is 11.6 Å². The number of halogens is 2. The number of hydrogen-bond acceptors (Lipinski definition) is 5. The molecule has 0 atom stereocenters. The highest BCUT2D eigenvalue weighted by atomic mass is 32.2. The third-order valence-corrected chi connectivity index (χ3v) is 7.65. The molecule has 0 aliphatic carbocycles. The fourth-order valence-electron chi connectivity index (χ4n) is 3.14. The maximum atomic E-state index is 13.4. The molecule has 0 saturated carbocycles. The van der Waals surface area contributed by atoms with E-state index < -0.39 is 21.7 Å². The molecule has 10 heteroatoms. The Bertz CT molecular complexity index is 1200. The number of nitrogens with zero attached hydrogens (tertiary/aromatic N) is 3. The molecular formula is C20H17F2N3O3S2. The minimum atomic E-state index is -3.96. The van der Waals surface area contributed by atoms with Crippen LogP contribution in [0.1, 0.15) is 5.01 Å². The molecule has 1 aliphatic rings. The molecule has 0 unspecified atom stereocenters. The maximum absolute atomic E-state index is 13.4. The van der Waals surface area contributed by atoms with Crippen LogP contribution in [-0.2, 0) is 14.8 Å². The zero-order valence-corrected chi connectivity index (χ0v) is 17.3. The van der Waals surface area contributed by atoms with Gasteiger partial charge in [0.15, 0.2) is 11.6 Å². The molecule has 1 aromatic heterocycles. The molecule has 30 heavy (non-hydrogen) atoms. The second-order valence-corrected chi connectivity index (χ2v) is 9.66. The van der Waals surface area contributed by atoms with Crippen LogP contribution in [0.3, 0.4) is 0 Å². The van der Waals surface area contributed by atoms with Crippen LogP contribution in [0.15, 0.2) is 53.4 Å². The molecule has 156 valence electrons. The number of fused-ring (bicyclic) bond motifs is 1. The first-order chi connectivity index (χ1) is 14.3. The highest BCUT2D eigenvalue weighted by molar-refractivity contribution is 7.89. The summed E-state index contributed by atoms with van der Waals surface area (Å²) in [6, 6.07) is 10.2. The van der Waals surface area contributed by atoms with Gasteiger partial charge in [0.1, 0.15) is 5.01 Å². The number of hydrogen-bond donors (Lipinski definition) is 0. The first-order valence-electron chi connectivity index (χ1n) is 9.12. The van der Waals surface area contributed by atoms with Crippen LogP contribution in [0.4, 0.5) is 8.78 Å². The summed E-state index contributed by atoms with van der Waals surface area (Å²) >= 11 is 1.48. The number of thiazole rings is 1. The summed E-state index contributed by atoms with van der Waals surface area (Å²) < 4.78 is 54.0. The zero-order chi connectivity index (χ0) is 21.3. The molecule has 1 saturated heterocycles. The van der Waals surface area contributed by atoms with E-state index in [1.165, 1.54) is 21.7 Å². The van der Waals surface area contributed by atoms with E-state index in [2.05, 4.69) is 4.98 Å². The van der Waals surface area contributed by atoms with Crippen LogP contribution >= 0.6 is 11.3 Å². The van der Waals surface area contributed by atoms with Gasteiger partial charge < -0.3 is 4.90 Å². The fourth-order valence-corrected chi connectivity index (χ4v) is 5.45. The molecule has 2 heterocycles. The van der Waals surface area contributed by atoms with E-state index in [1.54, 1.807) is 11.0 Å². The summed E-state index contributed by atoms with van der Waals surface area (Å²) in [6.07, 6.45) is 3.08. The number of amides is 1. The van der Waals surface area contributed by atoms with Crippen molar-refractivity contribution in [3.05, 3.63) is 65.2 Å². The number of carbonyl (C=O) groups excluding carboxylic acids is 1. The van der Waals surface area contributed by atoms with E-state index >= 15 is 0 Å². The highest BCUT2D eigenvalue weighted by Crippen LogP contribution is 2.23. The molecule has 2 aromatic carbocycles. The van der Waals surface area contributed by atoms with Crippen molar-refractivity contribution in [2.75, 3.05) is 26.2 Å². The van der Waals surface area contributed by atoms with Gasteiger partial charge in [-0.3, -0.25) is 4.79 Å². The average Bonchev–Trinajstić information content (AvgIpc) is 3.17. The monoisotopic (exact) mass is 449 g/mol. The van der Waals surface area contributed by atoms with Gasteiger partial charge in [-0.2, -0.15) is 4.31 Å². The number of benzene rings is 2. The number of rotatable bonds is 4. The van der Waals surface area contributed by atoms with Crippen molar-refractivity contribution in [2.24, 2.45) is 0 Å². The van der Waals surface area contributed by atoms with Crippen LogP contribution in [0.2, 0.25) is 0 Å². The predicted octanol–water partition coefficient (Wildman–Crippen LogP) is 3.12. The van der Waals surface area contributed by atoms with E-state index in [0.717, 1.165) is 22.3 Å². The minimum Gasteiger partial charge on any atom is -0.337 e. The summed E-state index contributed by atoms with van der Waals surface area (Å²) in [6.45, 7) is 0.544. The number of sulfonamides is 1. The van der Waals surface area contributed by atoms with E-state index in [0.29, 0.717) is 11.1 Å².